The Morgan fingerprint density at radius 3 is 2.68 bits per heavy atom. The first-order chi connectivity index (χ1) is 12.2. The average Bonchev–Trinajstić information content (AvgIpc) is 2.89. The molecule has 1 heteroatoms. The molecule has 1 heterocycles. The summed E-state index contributed by atoms with van der Waals surface area (Å²) in [6.07, 6.45) is 6.53. The predicted octanol–water partition coefficient (Wildman–Crippen LogP) is 6.39. The van der Waals surface area contributed by atoms with Crippen molar-refractivity contribution in [1.29, 1.82) is 0 Å². The fraction of sp³-hybridized carbons (Fsp3) is 0.333. The van der Waals surface area contributed by atoms with Crippen LogP contribution in [-0.2, 0) is 19.9 Å². The van der Waals surface area contributed by atoms with Crippen LogP contribution in [0.2, 0.25) is 0 Å². The van der Waals surface area contributed by atoms with Crippen LogP contribution in [0, 0.1) is 5.92 Å². The number of hydrogen-bond acceptors (Lipinski definition) is 0. The normalized spacial score (nSPS) is 18.4. The second kappa shape index (κ2) is 5.62. The van der Waals surface area contributed by atoms with E-state index in [-0.39, 0.29) is 0 Å². The molecule has 5 rings (SSSR count). The number of benzene rings is 3. The first-order valence-electron chi connectivity index (χ1n) is 9.64. The van der Waals surface area contributed by atoms with E-state index >= 15 is 0 Å². The quantitative estimate of drug-likeness (QED) is 0.353. The van der Waals surface area contributed by atoms with Gasteiger partial charge < -0.3 is 4.57 Å². The zero-order valence-corrected chi connectivity index (χ0v) is 15.2. The van der Waals surface area contributed by atoms with Gasteiger partial charge in [0.25, 0.3) is 0 Å². The maximum absolute atomic E-state index is 2.47. The molecule has 0 radical (unpaired) electrons. The zero-order chi connectivity index (χ0) is 17.0. The molecule has 1 atom stereocenters. The molecule has 0 amide bonds. The van der Waals surface area contributed by atoms with Crippen LogP contribution >= 0.6 is 0 Å². The van der Waals surface area contributed by atoms with Crippen molar-refractivity contribution < 1.29 is 0 Å². The van der Waals surface area contributed by atoms with Gasteiger partial charge in [-0.15, -0.1) is 0 Å². The number of fused-ring (bicyclic) bond motifs is 6. The first kappa shape index (κ1) is 15.0. The molecular weight excluding hydrogens is 302 g/mol. The monoisotopic (exact) mass is 327 g/mol. The van der Waals surface area contributed by atoms with Gasteiger partial charge in [-0.05, 0) is 65.3 Å². The smallest absolute Gasteiger partial charge is 0.0495 e. The van der Waals surface area contributed by atoms with Crippen molar-refractivity contribution in [2.45, 2.75) is 39.0 Å². The third-order valence-corrected chi connectivity index (χ3v) is 6.20. The van der Waals surface area contributed by atoms with Gasteiger partial charge in [-0.25, -0.2) is 0 Å². The molecule has 0 bridgehead atoms. The minimum atomic E-state index is 0.804. The molecule has 0 fully saturated rings. The van der Waals surface area contributed by atoms with Crippen molar-refractivity contribution in [2.75, 3.05) is 0 Å². The fourth-order valence-electron chi connectivity index (χ4n) is 4.84. The lowest BCUT2D eigenvalue weighted by atomic mass is 9.85. The summed E-state index contributed by atoms with van der Waals surface area (Å²) in [5.74, 6) is 0.804. The summed E-state index contributed by atoms with van der Waals surface area (Å²) in [5.41, 5.74) is 5.86. The molecule has 1 nitrogen and oxygen atoms in total. The second-order valence-electron chi connectivity index (χ2n) is 7.92. The maximum Gasteiger partial charge on any atom is 0.0495 e. The Morgan fingerprint density at radius 2 is 1.76 bits per heavy atom. The van der Waals surface area contributed by atoms with Crippen molar-refractivity contribution in [3.63, 3.8) is 0 Å². The van der Waals surface area contributed by atoms with Gasteiger partial charge in [-0.1, -0.05) is 50.1 Å². The topological polar surface area (TPSA) is 4.93 Å². The summed E-state index contributed by atoms with van der Waals surface area (Å²) in [4.78, 5) is 0. The molecule has 0 saturated carbocycles. The second-order valence-corrected chi connectivity index (χ2v) is 7.92. The van der Waals surface area contributed by atoms with E-state index in [2.05, 4.69) is 67.1 Å². The van der Waals surface area contributed by atoms with E-state index in [1.165, 1.54) is 64.7 Å². The highest BCUT2D eigenvalue weighted by molar-refractivity contribution is 6.13. The Hall–Kier alpha value is -2.28. The molecule has 0 saturated heterocycles. The third-order valence-electron chi connectivity index (χ3n) is 6.20. The van der Waals surface area contributed by atoms with E-state index in [4.69, 9.17) is 0 Å². The molecule has 3 aromatic carbocycles. The zero-order valence-electron chi connectivity index (χ0n) is 15.2. The van der Waals surface area contributed by atoms with Crippen LogP contribution in [0.15, 0.2) is 48.5 Å². The number of aromatic nitrogens is 1. The highest BCUT2D eigenvalue weighted by atomic mass is 14.9. The van der Waals surface area contributed by atoms with E-state index in [1.807, 2.05) is 0 Å². The summed E-state index contributed by atoms with van der Waals surface area (Å²) >= 11 is 0. The lowest BCUT2D eigenvalue weighted by molar-refractivity contribution is 0.482. The number of hydrogen-bond donors (Lipinski definition) is 0. The van der Waals surface area contributed by atoms with Gasteiger partial charge in [-0.3, -0.25) is 0 Å². The molecule has 1 aliphatic rings. The van der Waals surface area contributed by atoms with Crippen molar-refractivity contribution in [2.24, 2.45) is 13.0 Å². The fourth-order valence-corrected chi connectivity index (χ4v) is 4.84. The summed E-state index contributed by atoms with van der Waals surface area (Å²) in [6.45, 7) is 2.41. The molecule has 126 valence electrons. The Balaban J connectivity index is 1.85. The highest BCUT2D eigenvalue weighted by Gasteiger charge is 2.16. The van der Waals surface area contributed by atoms with Gasteiger partial charge in [-0.2, -0.15) is 0 Å². The Labute approximate surface area is 149 Å². The van der Waals surface area contributed by atoms with Crippen LogP contribution in [0.1, 0.15) is 37.3 Å². The molecule has 4 aromatic rings. The average molecular weight is 327 g/mol. The van der Waals surface area contributed by atoms with Gasteiger partial charge in [0.1, 0.15) is 0 Å². The highest BCUT2D eigenvalue weighted by Crippen LogP contribution is 2.35. The minimum Gasteiger partial charge on any atom is -0.344 e. The number of aryl methyl sites for hydroxylation is 2. The molecule has 1 aliphatic carbocycles. The molecule has 0 spiro atoms. The third kappa shape index (κ3) is 2.29. The van der Waals surface area contributed by atoms with E-state index in [1.54, 1.807) is 11.1 Å². The number of para-hydroxylation sites is 1. The summed E-state index contributed by atoms with van der Waals surface area (Å²) < 4.78 is 2.34. The Morgan fingerprint density at radius 1 is 0.880 bits per heavy atom. The van der Waals surface area contributed by atoms with Gasteiger partial charge in [0.15, 0.2) is 0 Å². The summed E-state index contributed by atoms with van der Waals surface area (Å²) in [7, 11) is 2.19. The van der Waals surface area contributed by atoms with Crippen LogP contribution < -0.4 is 0 Å². The van der Waals surface area contributed by atoms with E-state index in [0.29, 0.717) is 0 Å². The van der Waals surface area contributed by atoms with Gasteiger partial charge >= 0.3 is 0 Å². The summed E-state index contributed by atoms with van der Waals surface area (Å²) in [5, 5.41) is 5.65. The summed E-state index contributed by atoms with van der Waals surface area (Å²) in [6, 6.07) is 18.4. The predicted molar refractivity (Wildman–Crippen MR) is 108 cm³/mol. The lowest BCUT2D eigenvalue weighted by Crippen LogP contribution is -2.07. The molecule has 0 N–H and O–H groups in total. The van der Waals surface area contributed by atoms with Gasteiger partial charge in [0, 0.05) is 28.9 Å². The Bertz CT molecular complexity index is 1100. The lowest BCUT2D eigenvalue weighted by Gasteiger charge is -2.20. The number of rotatable bonds is 0. The van der Waals surface area contributed by atoms with Crippen LogP contribution in [0.25, 0.3) is 32.6 Å². The maximum atomic E-state index is 2.47. The van der Waals surface area contributed by atoms with Crippen LogP contribution in [0.5, 0.6) is 0 Å². The van der Waals surface area contributed by atoms with E-state index < -0.39 is 0 Å². The van der Waals surface area contributed by atoms with E-state index in [9.17, 15) is 0 Å². The Kier molecular flexibility index (Phi) is 3.38. The standard InChI is InChI=1S/C24H25N/c1-16-7-3-4-8-19-17(13-16)11-12-18-14-24-22(15-21(18)19)20-9-5-6-10-23(20)25(24)2/h5-6,9-12,14-16H,3-4,7-8,13H2,1-2H3/t16-/m1/s1. The molecule has 0 aliphatic heterocycles. The van der Waals surface area contributed by atoms with Crippen LogP contribution in [0.4, 0.5) is 0 Å². The van der Waals surface area contributed by atoms with Crippen LogP contribution in [-0.4, -0.2) is 4.57 Å². The first-order valence-corrected chi connectivity index (χ1v) is 9.64. The number of nitrogens with zero attached hydrogens (tertiary/aromatic N) is 1. The molecule has 25 heavy (non-hydrogen) atoms. The van der Waals surface area contributed by atoms with E-state index in [0.717, 1.165) is 5.92 Å². The van der Waals surface area contributed by atoms with Crippen LogP contribution in [0.3, 0.4) is 0 Å². The van der Waals surface area contributed by atoms with Gasteiger partial charge in [0.05, 0.1) is 0 Å². The largest absolute Gasteiger partial charge is 0.344 e. The van der Waals surface area contributed by atoms with Crippen molar-refractivity contribution in [3.8, 4) is 0 Å². The van der Waals surface area contributed by atoms with Crippen molar-refractivity contribution in [1.82, 2.24) is 4.57 Å². The van der Waals surface area contributed by atoms with Gasteiger partial charge in [0.2, 0.25) is 0 Å². The minimum absolute atomic E-state index is 0.804. The molecule has 1 aromatic heterocycles. The molecule has 0 unspecified atom stereocenters. The van der Waals surface area contributed by atoms with Crippen molar-refractivity contribution in [3.05, 3.63) is 59.7 Å². The SMILES string of the molecule is C[C@@H]1CCCCc2c(ccc3cc4c(cc23)c2ccccc2n4C)C1. The molecular formula is C24H25N. The van der Waals surface area contributed by atoms with Crippen molar-refractivity contribution >= 4 is 32.6 Å².